The Kier molecular flexibility index (Phi) is 8.45. The van der Waals surface area contributed by atoms with Crippen LogP contribution in [-0.4, -0.2) is 30.9 Å². The number of benzene rings is 1. The molecular weight excluding hydrogens is 370 g/mol. The lowest BCUT2D eigenvalue weighted by molar-refractivity contribution is -0.121. The van der Waals surface area contributed by atoms with Gasteiger partial charge in [0, 0.05) is 35.6 Å². The zero-order valence-corrected chi connectivity index (χ0v) is 14.6. The lowest BCUT2D eigenvalue weighted by atomic mass is 10.1. The van der Waals surface area contributed by atoms with Crippen LogP contribution in [0.1, 0.15) is 25.7 Å². The Labute approximate surface area is 145 Å². The van der Waals surface area contributed by atoms with Crippen molar-refractivity contribution >= 4 is 45.8 Å². The van der Waals surface area contributed by atoms with E-state index in [9.17, 15) is 9.59 Å². The van der Waals surface area contributed by atoms with E-state index in [0.29, 0.717) is 19.0 Å². The molecule has 0 saturated carbocycles. The molecule has 2 amide bonds. The molecule has 1 aliphatic rings. The predicted molar refractivity (Wildman–Crippen MR) is 93.3 cm³/mol. The minimum absolute atomic E-state index is 0. The summed E-state index contributed by atoms with van der Waals surface area (Å²) in [7, 11) is 0. The number of anilines is 1. The molecule has 5 nitrogen and oxygen atoms in total. The Hall–Kier alpha value is -1.11. The first-order chi connectivity index (χ1) is 10.1. The van der Waals surface area contributed by atoms with Gasteiger partial charge in [0.15, 0.2) is 0 Å². The van der Waals surface area contributed by atoms with Crippen molar-refractivity contribution in [3.63, 3.8) is 0 Å². The summed E-state index contributed by atoms with van der Waals surface area (Å²) in [5.74, 6) is -0.0949. The molecule has 1 unspecified atom stereocenters. The molecule has 1 aromatic rings. The maximum atomic E-state index is 11.7. The molecule has 0 aromatic heterocycles. The van der Waals surface area contributed by atoms with Crippen LogP contribution >= 0.6 is 28.3 Å². The van der Waals surface area contributed by atoms with Crippen LogP contribution in [0.3, 0.4) is 0 Å². The first kappa shape index (κ1) is 18.9. The maximum Gasteiger partial charge on any atom is 0.226 e. The monoisotopic (exact) mass is 389 g/mol. The number of hydrogen-bond acceptors (Lipinski definition) is 3. The van der Waals surface area contributed by atoms with Gasteiger partial charge in [-0.3, -0.25) is 9.59 Å². The van der Waals surface area contributed by atoms with E-state index in [1.54, 1.807) is 0 Å². The van der Waals surface area contributed by atoms with Crippen LogP contribution in [0, 0.1) is 0 Å². The van der Waals surface area contributed by atoms with Crippen molar-refractivity contribution in [1.29, 1.82) is 0 Å². The molecule has 1 aliphatic heterocycles. The summed E-state index contributed by atoms with van der Waals surface area (Å²) >= 11 is 3.34. The summed E-state index contributed by atoms with van der Waals surface area (Å²) in [4.78, 5) is 23.4. The minimum atomic E-state index is -0.100. The topological polar surface area (TPSA) is 70.2 Å². The van der Waals surface area contributed by atoms with Crippen LogP contribution in [0.4, 0.5) is 5.69 Å². The second kappa shape index (κ2) is 9.82. The number of carbonyl (C=O) groups is 2. The summed E-state index contributed by atoms with van der Waals surface area (Å²) in [6.07, 6.45) is 2.96. The van der Waals surface area contributed by atoms with Crippen LogP contribution in [-0.2, 0) is 9.59 Å². The molecule has 3 N–H and O–H groups in total. The second-order valence-electron chi connectivity index (χ2n) is 5.15. The highest BCUT2D eigenvalue weighted by molar-refractivity contribution is 9.10. The molecule has 1 heterocycles. The van der Waals surface area contributed by atoms with Gasteiger partial charge in [0.1, 0.15) is 0 Å². The highest BCUT2D eigenvalue weighted by atomic mass is 79.9. The zero-order valence-electron chi connectivity index (χ0n) is 12.2. The van der Waals surface area contributed by atoms with Gasteiger partial charge >= 0.3 is 0 Å². The average molecular weight is 391 g/mol. The molecule has 0 spiro atoms. The van der Waals surface area contributed by atoms with Crippen LogP contribution in [0.15, 0.2) is 28.7 Å². The third kappa shape index (κ3) is 6.77. The lowest BCUT2D eigenvalue weighted by Crippen LogP contribution is -2.33. The summed E-state index contributed by atoms with van der Waals surface area (Å²) in [5, 5.41) is 8.86. The highest BCUT2D eigenvalue weighted by Gasteiger charge is 2.17. The molecule has 0 aliphatic carbocycles. The molecule has 7 heteroatoms. The molecule has 1 atom stereocenters. The first-order valence-corrected chi connectivity index (χ1v) is 7.98. The van der Waals surface area contributed by atoms with E-state index >= 15 is 0 Å². The predicted octanol–water partition coefficient (Wildman–Crippen LogP) is 2.46. The van der Waals surface area contributed by atoms with Crippen LogP contribution in [0.2, 0.25) is 0 Å². The fourth-order valence-corrected chi connectivity index (χ4v) is 2.56. The van der Waals surface area contributed by atoms with E-state index in [1.165, 1.54) is 0 Å². The van der Waals surface area contributed by atoms with Crippen molar-refractivity contribution in [2.24, 2.45) is 0 Å². The standard InChI is InChI=1S/C15H20BrN3O2.ClH/c16-11-3-5-12(6-4-11)19-14(20)7-9-18-15(21)10-13-2-1-8-17-13;/h3-6,13,17H,1-2,7-10H2,(H,18,21)(H,19,20);1H. The quantitative estimate of drug-likeness (QED) is 0.699. The lowest BCUT2D eigenvalue weighted by Gasteiger charge is -2.10. The van der Waals surface area contributed by atoms with Crippen molar-refractivity contribution in [2.75, 3.05) is 18.4 Å². The van der Waals surface area contributed by atoms with E-state index in [-0.39, 0.29) is 30.6 Å². The van der Waals surface area contributed by atoms with Crippen molar-refractivity contribution in [3.8, 4) is 0 Å². The summed E-state index contributed by atoms with van der Waals surface area (Å²) in [5.41, 5.74) is 0.754. The van der Waals surface area contributed by atoms with Crippen LogP contribution in [0.25, 0.3) is 0 Å². The largest absolute Gasteiger partial charge is 0.356 e. The van der Waals surface area contributed by atoms with Gasteiger partial charge in [-0.25, -0.2) is 0 Å². The molecule has 1 fully saturated rings. The Morgan fingerprint density at radius 1 is 1.23 bits per heavy atom. The zero-order chi connectivity index (χ0) is 15.1. The molecule has 122 valence electrons. The van der Waals surface area contributed by atoms with Gasteiger partial charge in [-0.2, -0.15) is 0 Å². The van der Waals surface area contributed by atoms with Crippen molar-refractivity contribution in [3.05, 3.63) is 28.7 Å². The van der Waals surface area contributed by atoms with E-state index in [4.69, 9.17) is 0 Å². The second-order valence-corrected chi connectivity index (χ2v) is 6.07. The van der Waals surface area contributed by atoms with E-state index in [1.807, 2.05) is 24.3 Å². The average Bonchev–Trinajstić information content (AvgIpc) is 2.94. The first-order valence-electron chi connectivity index (χ1n) is 7.19. The van der Waals surface area contributed by atoms with Gasteiger partial charge in [0.25, 0.3) is 0 Å². The summed E-state index contributed by atoms with van der Waals surface area (Å²) in [6, 6.07) is 7.68. The molecule has 0 bridgehead atoms. The van der Waals surface area contributed by atoms with E-state index in [2.05, 4.69) is 31.9 Å². The van der Waals surface area contributed by atoms with E-state index < -0.39 is 0 Å². The number of carbonyl (C=O) groups excluding carboxylic acids is 2. The van der Waals surface area contributed by atoms with Crippen LogP contribution < -0.4 is 16.0 Å². The van der Waals surface area contributed by atoms with Crippen molar-refractivity contribution < 1.29 is 9.59 Å². The third-order valence-electron chi connectivity index (χ3n) is 3.40. The fourth-order valence-electron chi connectivity index (χ4n) is 2.30. The summed E-state index contributed by atoms with van der Waals surface area (Å²) in [6.45, 7) is 1.36. The number of rotatable bonds is 6. The molecule has 22 heavy (non-hydrogen) atoms. The van der Waals surface area contributed by atoms with Gasteiger partial charge in [-0.15, -0.1) is 12.4 Å². The summed E-state index contributed by atoms with van der Waals surface area (Å²) < 4.78 is 0.966. The molecular formula is C15H21BrClN3O2. The highest BCUT2D eigenvalue weighted by Crippen LogP contribution is 2.14. The van der Waals surface area contributed by atoms with Crippen LogP contribution in [0.5, 0.6) is 0 Å². The van der Waals surface area contributed by atoms with Gasteiger partial charge < -0.3 is 16.0 Å². The smallest absolute Gasteiger partial charge is 0.226 e. The number of hydrogen-bond donors (Lipinski definition) is 3. The molecule has 0 radical (unpaired) electrons. The number of nitrogens with one attached hydrogen (secondary N) is 3. The number of amides is 2. The number of halogens is 2. The van der Waals surface area contributed by atoms with Crippen molar-refractivity contribution in [2.45, 2.75) is 31.7 Å². The third-order valence-corrected chi connectivity index (χ3v) is 3.93. The molecule has 1 saturated heterocycles. The Balaban J connectivity index is 0.00000242. The fraction of sp³-hybridized carbons (Fsp3) is 0.467. The maximum absolute atomic E-state index is 11.7. The van der Waals surface area contributed by atoms with Gasteiger partial charge in [0.2, 0.25) is 11.8 Å². The van der Waals surface area contributed by atoms with Gasteiger partial charge in [0.05, 0.1) is 0 Å². The van der Waals surface area contributed by atoms with Gasteiger partial charge in [-0.1, -0.05) is 15.9 Å². The van der Waals surface area contributed by atoms with Crippen molar-refractivity contribution in [1.82, 2.24) is 10.6 Å². The van der Waals surface area contributed by atoms with E-state index in [0.717, 1.165) is 29.5 Å². The Morgan fingerprint density at radius 2 is 1.95 bits per heavy atom. The Bertz CT molecular complexity index is 490. The van der Waals surface area contributed by atoms with Gasteiger partial charge in [-0.05, 0) is 43.7 Å². The SMILES string of the molecule is Cl.O=C(CC1CCCN1)NCCC(=O)Nc1ccc(Br)cc1. The normalized spacial score (nSPS) is 16.7. The Morgan fingerprint density at radius 3 is 2.59 bits per heavy atom. The molecule has 2 rings (SSSR count). The minimum Gasteiger partial charge on any atom is -0.356 e. The molecule has 1 aromatic carbocycles.